The van der Waals surface area contributed by atoms with Gasteiger partial charge in [0.2, 0.25) is 0 Å². The summed E-state index contributed by atoms with van der Waals surface area (Å²) in [5, 5.41) is 3.82. The Morgan fingerprint density at radius 1 is 1.47 bits per heavy atom. The predicted octanol–water partition coefficient (Wildman–Crippen LogP) is 2.43. The second-order valence-corrected chi connectivity index (χ2v) is 6.40. The fourth-order valence-electron chi connectivity index (χ4n) is 3.39. The molecule has 2 heterocycles. The second-order valence-electron chi connectivity index (χ2n) is 6.40. The van der Waals surface area contributed by atoms with E-state index in [4.69, 9.17) is 0 Å². The highest BCUT2D eigenvalue weighted by molar-refractivity contribution is 5.11. The molecular weight excluding hydrogens is 234 g/mol. The van der Waals surface area contributed by atoms with Crippen molar-refractivity contribution < 1.29 is 0 Å². The van der Waals surface area contributed by atoms with Crippen molar-refractivity contribution in [2.45, 2.75) is 51.2 Å². The Bertz CT molecular complexity index is 415. The summed E-state index contributed by atoms with van der Waals surface area (Å²) in [6.07, 6.45) is 7.88. The van der Waals surface area contributed by atoms with E-state index in [1.807, 2.05) is 18.5 Å². The van der Waals surface area contributed by atoms with Gasteiger partial charge in [0.25, 0.3) is 0 Å². The summed E-state index contributed by atoms with van der Waals surface area (Å²) in [5.74, 6) is 0.890. The Balaban J connectivity index is 1.72. The first-order valence-electron chi connectivity index (χ1n) is 7.59. The van der Waals surface area contributed by atoms with Gasteiger partial charge in [-0.15, -0.1) is 0 Å². The van der Waals surface area contributed by atoms with Gasteiger partial charge in [-0.2, -0.15) is 0 Å². The zero-order chi connectivity index (χ0) is 13.3. The zero-order valence-electron chi connectivity index (χ0n) is 12.1. The standard InChI is InChI=1S/C16H25N3/c1-3-15-10-18-16(2,14-6-7-14)12-19(15)11-13-5-4-8-17-9-13/h4-5,8-9,14-15,18H,3,6-7,10-12H2,1-2H3. The molecule has 3 rings (SSSR count). The maximum absolute atomic E-state index is 4.24. The van der Waals surface area contributed by atoms with E-state index in [1.54, 1.807) is 0 Å². The molecule has 0 aromatic carbocycles. The van der Waals surface area contributed by atoms with Crippen LogP contribution in [-0.2, 0) is 6.54 Å². The van der Waals surface area contributed by atoms with Crippen LogP contribution >= 0.6 is 0 Å². The lowest BCUT2D eigenvalue weighted by molar-refractivity contribution is 0.0665. The minimum atomic E-state index is 0.327. The molecule has 104 valence electrons. The summed E-state index contributed by atoms with van der Waals surface area (Å²) in [6, 6.07) is 4.89. The molecule has 3 heteroatoms. The normalized spacial score (nSPS) is 32.4. The lowest BCUT2D eigenvalue weighted by Gasteiger charge is -2.46. The lowest BCUT2D eigenvalue weighted by Crippen LogP contribution is -2.63. The third-order valence-electron chi connectivity index (χ3n) is 4.85. The van der Waals surface area contributed by atoms with E-state index >= 15 is 0 Å². The summed E-state index contributed by atoms with van der Waals surface area (Å²) >= 11 is 0. The number of hydrogen-bond acceptors (Lipinski definition) is 3. The van der Waals surface area contributed by atoms with Crippen LogP contribution in [-0.4, -0.2) is 34.6 Å². The Hall–Kier alpha value is -0.930. The number of piperazine rings is 1. The van der Waals surface area contributed by atoms with Gasteiger partial charge in [-0.25, -0.2) is 0 Å². The Labute approximate surface area is 116 Å². The third kappa shape index (κ3) is 2.82. The molecule has 19 heavy (non-hydrogen) atoms. The Morgan fingerprint density at radius 3 is 2.95 bits per heavy atom. The van der Waals surface area contributed by atoms with Gasteiger partial charge in [0, 0.05) is 43.6 Å². The van der Waals surface area contributed by atoms with Crippen molar-refractivity contribution in [1.82, 2.24) is 15.2 Å². The summed E-state index contributed by atoms with van der Waals surface area (Å²) < 4.78 is 0. The summed E-state index contributed by atoms with van der Waals surface area (Å²) in [7, 11) is 0. The smallest absolute Gasteiger partial charge is 0.0312 e. The van der Waals surface area contributed by atoms with Gasteiger partial charge < -0.3 is 5.32 Å². The maximum Gasteiger partial charge on any atom is 0.0312 e. The van der Waals surface area contributed by atoms with Crippen LogP contribution in [0.1, 0.15) is 38.7 Å². The molecule has 3 nitrogen and oxygen atoms in total. The van der Waals surface area contributed by atoms with Crippen LogP contribution in [0.15, 0.2) is 24.5 Å². The van der Waals surface area contributed by atoms with Crippen LogP contribution in [0, 0.1) is 5.92 Å². The van der Waals surface area contributed by atoms with Crippen molar-refractivity contribution in [3.8, 4) is 0 Å². The molecule has 1 aromatic rings. The first-order valence-corrected chi connectivity index (χ1v) is 7.59. The first-order chi connectivity index (χ1) is 9.21. The van der Waals surface area contributed by atoms with Gasteiger partial charge in [0.05, 0.1) is 0 Å². The van der Waals surface area contributed by atoms with Gasteiger partial charge in [0.1, 0.15) is 0 Å². The van der Waals surface area contributed by atoms with Gasteiger partial charge >= 0.3 is 0 Å². The topological polar surface area (TPSA) is 28.2 Å². The van der Waals surface area contributed by atoms with E-state index in [1.165, 1.54) is 31.4 Å². The molecule has 2 fully saturated rings. The molecule has 1 saturated carbocycles. The van der Waals surface area contributed by atoms with E-state index in [9.17, 15) is 0 Å². The molecule has 0 spiro atoms. The highest BCUT2D eigenvalue weighted by Gasteiger charge is 2.45. The maximum atomic E-state index is 4.24. The van der Waals surface area contributed by atoms with Crippen molar-refractivity contribution >= 4 is 0 Å². The van der Waals surface area contributed by atoms with Gasteiger partial charge in [-0.3, -0.25) is 9.88 Å². The van der Waals surface area contributed by atoms with E-state index in [2.05, 4.69) is 35.1 Å². The molecule has 1 aliphatic carbocycles. The molecule has 1 saturated heterocycles. The van der Waals surface area contributed by atoms with Crippen molar-refractivity contribution in [2.24, 2.45) is 5.92 Å². The van der Waals surface area contributed by atoms with Crippen LogP contribution < -0.4 is 5.32 Å². The fraction of sp³-hybridized carbons (Fsp3) is 0.688. The highest BCUT2D eigenvalue weighted by atomic mass is 15.3. The summed E-state index contributed by atoms with van der Waals surface area (Å²) in [6.45, 7) is 8.04. The second kappa shape index (κ2) is 5.22. The highest BCUT2D eigenvalue weighted by Crippen LogP contribution is 2.41. The van der Waals surface area contributed by atoms with E-state index < -0.39 is 0 Å². The number of nitrogens with one attached hydrogen (secondary N) is 1. The number of nitrogens with zero attached hydrogens (tertiary/aromatic N) is 2. The number of aromatic nitrogens is 1. The van der Waals surface area contributed by atoms with Crippen LogP contribution in [0.2, 0.25) is 0 Å². The monoisotopic (exact) mass is 259 g/mol. The molecule has 1 aliphatic heterocycles. The molecule has 2 aliphatic rings. The lowest BCUT2D eigenvalue weighted by atomic mass is 9.90. The minimum absolute atomic E-state index is 0.327. The summed E-state index contributed by atoms with van der Waals surface area (Å²) in [5.41, 5.74) is 1.66. The van der Waals surface area contributed by atoms with Crippen LogP contribution in [0.25, 0.3) is 0 Å². The molecule has 2 unspecified atom stereocenters. The molecule has 1 aromatic heterocycles. The van der Waals surface area contributed by atoms with E-state index in [0.29, 0.717) is 11.6 Å². The third-order valence-corrected chi connectivity index (χ3v) is 4.85. The Morgan fingerprint density at radius 2 is 2.32 bits per heavy atom. The zero-order valence-corrected chi connectivity index (χ0v) is 12.1. The van der Waals surface area contributed by atoms with Gasteiger partial charge in [-0.05, 0) is 43.7 Å². The fourth-order valence-corrected chi connectivity index (χ4v) is 3.39. The molecular formula is C16H25N3. The number of pyridine rings is 1. The molecule has 0 amide bonds. The van der Waals surface area contributed by atoms with E-state index in [-0.39, 0.29) is 0 Å². The average molecular weight is 259 g/mol. The molecule has 2 atom stereocenters. The predicted molar refractivity (Wildman–Crippen MR) is 77.9 cm³/mol. The van der Waals surface area contributed by atoms with Crippen molar-refractivity contribution in [3.63, 3.8) is 0 Å². The largest absolute Gasteiger partial charge is 0.308 e. The van der Waals surface area contributed by atoms with Crippen molar-refractivity contribution in [2.75, 3.05) is 13.1 Å². The van der Waals surface area contributed by atoms with Crippen molar-refractivity contribution in [3.05, 3.63) is 30.1 Å². The minimum Gasteiger partial charge on any atom is -0.308 e. The SMILES string of the molecule is CCC1CNC(C)(C2CC2)CN1Cc1cccnc1. The molecule has 1 N–H and O–H groups in total. The van der Waals surface area contributed by atoms with Gasteiger partial charge in [-0.1, -0.05) is 13.0 Å². The average Bonchev–Trinajstić information content (AvgIpc) is 3.25. The summed E-state index contributed by atoms with van der Waals surface area (Å²) in [4.78, 5) is 6.90. The molecule has 0 radical (unpaired) electrons. The van der Waals surface area contributed by atoms with Crippen molar-refractivity contribution in [1.29, 1.82) is 0 Å². The quantitative estimate of drug-likeness (QED) is 0.900. The van der Waals surface area contributed by atoms with Crippen LogP contribution in [0.3, 0.4) is 0 Å². The molecule has 0 bridgehead atoms. The number of rotatable bonds is 4. The Kier molecular flexibility index (Phi) is 3.59. The van der Waals surface area contributed by atoms with E-state index in [0.717, 1.165) is 19.0 Å². The van der Waals surface area contributed by atoms with Crippen LogP contribution in [0.4, 0.5) is 0 Å². The van der Waals surface area contributed by atoms with Gasteiger partial charge in [0.15, 0.2) is 0 Å². The van der Waals surface area contributed by atoms with Crippen LogP contribution in [0.5, 0.6) is 0 Å². The first kappa shape index (κ1) is 13.1. The number of hydrogen-bond donors (Lipinski definition) is 1.